The van der Waals surface area contributed by atoms with Gasteiger partial charge >= 0.3 is 6.18 Å². The van der Waals surface area contributed by atoms with Crippen molar-refractivity contribution in [3.63, 3.8) is 0 Å². The molecule has 1 aromatic heterocycles. The Morgan fingerprint density at radius 3 is 2.42 bits per heavy atom. The molecule has 1 aromatic carbocycles. The van der Waals surface area contributed by atoms with Gasteiger partial charge in [0.2, 0.25) is 5.13 Å². The van der Waals surface area contributed by atoms with E-state index in [2.05, 4.69) is 15.5 Å². The Kier molecular flexibility index (Phi) is 3.96. The van der Waals surface area contributed by atoms with Crippen LogP contribution >= 0.6 is 22.9 Å². The van der Waals surface area contributed by atoms with Crippen LogP contribution in [0.5, 0.6) is 0 Å². The van der Waals surface area contributed by atoms with Crippen molar-refractivity contribution in [1.29, 1.82) is 0 Å². The number of hydrogen-bond donors (Lipinski definition) is 1. The van der Waals surface area contributed by atoms with Crippen LogP contribution in [0.3, 0.4) is 0 Å². The summed E-state index contributed by atoms with van der Waals surface area (Å²) in [7, 11) is 0. The lowest BCUT2D eigenvalue weighted by atomic mass is 10.2. The van der Waals surface area contributed by atoms with Crippen LogP contribution in [0.1, 0.15) is 17.8 Å². The summed E-state index contributed by atoms with van der Waals surface area (Å²) in [6.45, 7) is 1.06. The van der Waals surface area contributed by atoms with Crippen molar-refractivity contribution in [2.24, 2.45) is 0 Å². The van der Waals surface area contributed by atoms with Gasteiger partial charge in [0.15, 0.2) is 0 Å². The van der Waals surface area contributed by atoms with E-state index in [4.69, 9.17) is 11.6 Å². The van der Waals surface area contributed by atoms with Gasteiger partial charge in [-0.25, -0.2) is 0 Å². The molecule has 1 N–H and O–H groups in total. The zero-order chi connectivity index (χ0) is 14.0. The van der Waals surface area contributed by atoms with E-state index < -0.39 is 12.1 Å². The van der Waals surface area contributed by atoms with Gasteiger partial charge in [0.25, 0.3) is 0 Å². The highest BCUT2D eigenvalue weighted by Crippen LogP contribution is 2.36. The van der Waals surface area contributed by atoms with Crippen LogP contribution in [-0.2, 0) is 0 Å². The highest BCUT2D eigenvalue weighted by molar-refractivity contribution is 7.15. The molecular formula is C11H9ClF3N3S. The summed E-state index contributed by atoms with van der Waals surface area (Å²) in [5.74, 6) is -1.62. The third-order valence-electron chi connectivity index (χ3n) is 2.40. The molecule has 0 saturated carbocycles. The molecule has 0 fully saturated rings. The first kappa shape index (κ1) is 14.1. The van der Waals surface area contributed by atoms with Crippen molar-refractivity contribution in [2.75, 3.05) is 5.32 Å². The van der Waals surface area contributed by atoms with Crippen molar-refractivity contribution in [1.82, 2.24) is 10.2 Å². The molecule has 1 unspecified atom stereocenters. The number of alkyl halides is 3. The fourth-order valence-electron chi connectivity index (χ4n) is 1.26. The van der Waals surface area contributed by atoms with Gasteiger partial charge in [0, 0.05) is 10.7 Å². The molecule has 0 bridgehead atoms. The summed E-state index contributed by atoms with van der Waals surface area (Å²) in [4.78, 5) is 0. The fourth-order valence-corrected chi connectivity index (χ4v) is 2.22. The minimum absolute atomic E-state index is 0.0658. The van der Waals surface area contributed by atoms with Crippen LogP contribution in [0.2, 0.25) is 5.02 Å². The monoisotopic (exact) mass is 307 g/mol. The number of halogens is 4. The molecule has 2 rings (SSSR count). The number of nitrogens with zero attached hydrogens (tertiary/aromatic N) is 2. The Morgan fingerprint density at radius 2 is 1.84 bits per heavy atom. The topological polar surface area (TPSA) is 37.8 Å². The second kappa shape index (κ2) is 5.34. The van der Waals surface area contributed by atoms with Gasteiger partial charge in [-0.15, -0.1) is 10.2 Å². The number of nitrogens with one attached hydrogen (secondary N) is 1. The molecule has 1 atom stereocenters. The quantitative estimate of drug-likeness (QED) is 0.900. The zero-order valence-electron chi connectivity index (χ0n) is 9.70. The van der Waals surface area contributed by atoms with E-state index in [-0.39, 0.29) is 5.01 Å². The van der Waals surface area contributed by atoms with Crippen molar-refractivity contribution < 1.29 is 13.2 Å². The molecule has 0 amide bonds. The average molecular weight is 308 g/mol. The van der Waals surface area contributed by atoms with Gasteiger partial charge in [0.05, 0.1) is 0 Å². The number of benzene rings is 1. The highest BCUT2D eigenvalue weighted by Gasteiger charge is 2.39. The number of hydrogen-bond acceptors (Lipinski definition) is 4. The molecule has 0 spiro atoms. The SMILES string of the molecule is CC(c1nnc(Nc2ccc(Cl)cc2)s1)C(F)(F)F. The van der Waals surface area contributed by atoms with E-state index in [9.17, 15) is 13.2 Å². The van der Waals surface area contributed by atoms with Gasteiger partial charge in [-0.2, -0.15) is 13.2 Å². The average Bonchev–Trinajstić information content (AvgIpc) is 2.78. The predicted octanol–water partition coefficient (Wildman–Crippen LogP) is 4.60. The molecule has 102 valence electrons. The van der Waals surface area contributed by atoms with E-state index in [1.807, 2.05) is 0 Å². The smallest absolute Gasteiger partial charge is 0.330 e. The van der Waals surface area contributed by atoms with Crippen LogP contribution in [0.15, 0.2) is 24.3 Å². The summed E-state index contributed by atoms with van der Waals surface area (Å²) in [5.41, 5.74) is 0.687. The van der Waals surface area contributed by atoms with E-state index >= 15 is 0 Å². The molecule has 3 nitrogen and oxygen atoms in total. The second-order valence-electron chi connectivity index (χ2n) is 3.84. The Bertz CT molecular complexity index is 553. The Hall–Kier alpha value is -1.34. The van der Waals surface area contributed by atoms with Gasteiger partial charge in [-0.05, 0) is 31.2 Å². The van der Waals surface area contributed by atoms with Crippen LogP contribution in [0.25, 0.3) is 0 Å². The molecule has 2 aromatic rings. The minimum atomic E-state index is -4.31. The first-order valence-corrected chi connectivity index (χ1v) is 6.48. The van der Waals surface area contributed by atoms with Crippen LogP contribution in [0.4, 0.5) is 24.0 Å². The lowest BCUT2D eigenvalue weighted by molar-refractivity contribution is -0.146. The molecule has 1 heterocycles. The van der Waals surface area contributed by atoms with Gasteiger partial charge < -0.3 is 5.32 Å². The molecule has 0 aliphatic rings. The summed E-state index contributed by atoms with van der Waals surface area (Å²) < 4.78 is 37.6. The fraction of sp³-hybridized carbons (Fsp3) is 0.273. The summed E-state index contributed by atoms with van der Waals surface area (Å²) >= 11 is 6.61. The van der Waals surface area contributed by atoms with Crippen molar-refractivity contribution in [3.8, 4) is 0 Å². The van der Waals surface area contributed by atoms with E-state index in [1.54, 1.807) is 24.3 Å². The molecular weight excluding hydrogens is 299 g/mol. The van der Waals surface area contributed by atoms with Crippen molar-refractivity contribution in [2.45, 2.75) is 19.0 Å². The molecule has 8 heteroatoms. The van der Waals surface area contributed by atoms with Crippen LogP contribution < -0.4 is 5.32 Å². The maximum Gasteiger partial charge on any atom is 0.397 e. The lowest BCUT2D eigenvalue weighted by Crippen LogP contribution is -2.17. The predicted molar refractivity (Wildman–Crippen MR) is 69.1 cm³/mol. The van der Waals surface area contributed by atoms with Crippen molar-refractivity contribution >= 4 is 33.8 Å². The normalized spacial score (nSPS) is 13.3. The molecule has 0 aliphatic carbocycles. The van der Waals surface area contributed by atoms with Crippen LogP contribution in [0, 0.1) is 0 Å². The first-order chi connectivity index (χ1) is 8.86. The molecule has 19 heavy (non-hydrogen) atoms. The highest BCUT2D eigenvalue weighted by atomic mass is 35.5. The largest absolute Gasteiger partial charge is 0.397 e. The maximum absolute atomic E-state index is 12.5. The van der Waals surface area contributed by atoms with Crippen molar-refractivity contribution in [3.05, 3.63) is 34.3 Å². The second-order valence-corrected chi connectivity index (χ2v) is 5.29. The Morgan fingerprint density at radius 1 is 1.21 bits per heavy atom. The standard InChI is InChI=1S/C11H9ClF3N3S/c1-6(11(13,14)15)9-17-18-10(19-9)16-8-4-2-7(12)3-5-8/h2-6H,1H3,(H,16,18). The summed E-state index contributed by atoms with van der Waals surface area (Å²) in [5, 5.41) is 11.0. The molecule has 0 radical (unpaired) electrons. The maximum atomic E-state index is 12.5. The van der Waals surface area contributed by atoms with Gasteiger partial charge in [-0.1, -0.05) is 22.9 Å². The number of aromatic nitrogens is 2. The van der Waals surface area contributed by atoms with Gasteiger partial charge in [-0.3, -0.25) is 0 Å². The first-order valence-electron chi connectivity index (χ1n) is 5.29. The van der Waals surface area contributed by atoms with E-state index in [1.165, 1.54) is 0 Å². The molecule has 0 aliphatic heterocycles. The van der Waals surface area contributed by atoms with E-state index in [0.717, 1.165) is 18.3 Å². The number of anilines is 2. The molecule has 0 saturated heterocycles. The Labute approximate surface area is 116 Å². The van der Waals surface area contributed by atoms with Gasteiger partial charge in [0.1, 0.15) is 10.9 Å². The third kappa shape index (κ3) is 3.57. The number of rotatable bonds is 3. The zero-order valence-corrected chi connectivity index (χ0v) is 11.3. The summed E-state index contributed by atoms with van der Waals surface area (Å²) in [6, 6.07) is 6.75. The minimum Gasteiger partial charge on any atom is -0.330 e. The van der Waals surface area contributed by atoms with E-state index in [0.29, 0.717) is 15.8 Å². The Balaban J connectivity index is 2.11. The summed E-state index contributed by atoms with van der Waals surface area (Å²) in [6.07, 6.45) is -4.31. The van der Waals surface area contributed by atoms with Crippen LogP contribution in [-0.4, -0.2) is 16.4 Å². The lowest BCUT2D eigenvalue weighted by Gasteiger charge is -2.11. The third-order valence-corrected chi connectivity index (χ3v) is 3.67.